The summed E-state index contributed by atoms with van der Waals surface area (Å²) >= 11 is 0. The van der Waals surface area contributed by atoms with Gasteiger partial charge in [0.25, 0.3) is 0 Å². The SMILES string of the molecule is Cc1ccc(-c2ccnc(CN)n2)cc1C. The molecule has 1 aromatic heterocycles. The third-order valence-corrected chi connectivity index (χ3v) is 2.69. The van der Waals surface area contributed by atoms with Crippen LogP contribution in [0.2, 0.25) is 0 Å². The molecule has 0 saturated heterocycles. The minimum atomic E-state index is 0.374. The zero-order valence-corrected chi connectivity index (χ0v) is 9.57. The molecule has 2 rings (SSSR count). The molecular weight excluding hydrogens is 198 g/mol. The topological polar surface area (TPSA) is 51.8 Å². The summed E-state index contributed by atoms with van der Waals surface area (Å²) in [6.07, 6.45) is 1.75. The Morgan fingerprint density at radius 3 is 2.62 bits per heavy atom. The minimum absolute atomic E-state index is 0.374. The van der Waals surface area contributed by atoms with Crippen LogP contribution in [-0.4, -0.2) is 9.97 Å². The number of hydrogen-bond donors (Lipinski definition) is 1. The van der Waals surface area contributed by atoms with Crippen LogP contribution in [0.5, 0.6) is 0 Å². The summed E-state index contributed by atoms with van der Waals surface area (Å²) in [5, 5.41) is 0. The Kier molecular flexibility index (Phi) is 2.97. The maximum Gasteiger partial charge on any atom is 0.142 e. The van der Waals surface area contributed by atoms with Gasteiger partial charge in [-0.1, -0.05) is 12.1 Å². The van der Waals surface area contributed by atoms with Crippen LogP contribution in [-0.2, 0) is 6.54 Å². The van der Waals surface area contributed by atoms with Crippen LogP contribution in [0.3, 0.4) is 0 Å². The zero-order valence-electron chi connectivity index (χ0n) is 9.57. The maximum absolute atomic E-state index is 5.53. The molecule has 1 heterocycles. The maximum atomic E-state index is 5.53. The van der Waals surface area contributed by atoms with Gasteiger partial charge in [0.05, 0.1) is 12.2 Å². The lowest BCUT2D eigenvalue weighted by Crippen LogP contribution is -2.03. The number of aromatic nitrogens is 2. The first-order chi connectivity index (χ1) is 7.70. The van der Waals surface area contributed by atoms with E-state index in [4.69, 9.17) is 5.73 Å². The summed E-state index contributed by atoms with van der Waals surface area (Å²) in [6, 6.07) is 8.22. The Labute approximate surface area is 95.4 Å². The van der Waals surface area contributed by atoms with Crippen LogP contribution in [0.25, 0.3) is 11.3 Å². The fourth-order valence-corrected chi connectivity index (χ4v) is 1.56. The standard InChI is InChI=1S/C13H15N3/c1-9-3-4-11(7-10(9)2)12-5-6-15-13(8-14)16-12/h3-7H,8,14H2,1-2H3. The second-order valence-electron chi connectivity index (χ2n) is 3.86. The van der Waals surface area contributed by atoms with Crippen LogP contribution in [0.4, 0.5) is 0 Å². The lowest BCUT2D eigenvalue weighted by atomic mass is 10.0. The lowest BCUT2D eigenvalue weighted by molar-refractivity contribution is 0.912. The third kappa shape index (κ3) is 2.09. The van der Waals surface area contributed by atoms with Gasteiger partial charge in [0.15, 0.2) is 0 Å². The smallest absolute Gasteiger partial charge is 0.142 e. The van der Waals surface area contributed by atoms with Crippen LogP contribution in [0, 0.1) is 13.8 Å². The van der Waals surface area contributed by atoms with E-state index in [2.05, 4.69) is 42.0 Å². The first-order valence-corrected chi connectivity index (χ1v) is 5.30. The molecule has 0 fully saturated rings. The van der Waals surface area contributed by atoms with Crippen molar-refractivity contribution in [3.05, 3.63) is 47.4 Å². The van der Waals surface area contributed by atoms with Crippen molar-refractivity contribution in [2.24, 2.45) is 5.73 Å². The number of nitrogens with zero attached hydrogens (tertiary/aromatic N) is 2. The molecule has 3 heteroatoms. The van der Waals surface area contributed by atoms with Crippen molar-refractivity contribution >= 4 is 0 Å². The predicted octanol–water partition coefficient (Wildman–Crippen LogP) is 2.22. The summed E-state index contributed by atoms with van der Waals surface area (Å²) in [5.74, 6) is 0.677. The van der Waals surface area contributed by atoms with E-state index in [-0.39, 0.29) is 0 Å². The monoisotopic (exact) mass is 213 g/mol. The van der Waals surface area contributed by atoms with Crippen LogP contribution < -0.4 is 5.73 Å². The summed E-state index contributed by atoms with van der Waals surface area (Å²) in [6.45, 7) is 4.58. The summed E-state index contributed by atoms with van der Waals surface area (Å²) < 4.78 is 0. The molecule has 0 spiro atoms. The van der Waals surface area contributed by atoms with E-state index in [1.165, 1.54) is 11.1 Å². The molecule has 2 aromatic rings. The molecule has 0 atom stereocenters. The molecule has 0 amide bonds. The molecule has 0 saturated carbocycles. The number of nitrogens with two attached hydrogens (primary N) is 1. The first kappa shape index (κ1) is 10.8. The molecule has 0 bridgehead atoms. The van der Waals surface area contributed by atoms with E-state index in [0.717, 1.165) is 11.3 Å². The van der Waals surface area contributed by atoms with Crippen LogP contribution in [0.15, 0.2) is 30.5 Å². The molecule has 0 radical (unpaired) electrons. The van der Waals surface area contributed by atoms with Crippen LogP contribution >= 0.6 is 0 Å². The molecule has 2 N–H and O–H groups in total. The van der Waals surface area contributed by atoms with Crippen molar-refractivity contribution in [3.8, 4) is 11.3 Å². The van der Waals surface area contributed by atoms with Crippen molar-refractivity contribution < 1.29 is 0 Å². The van der Waals surface area contributed by atoms with Gasteiger partial charge < -0.3 is 5.73 Å². The summed E-state index contributed by atoms with van der Waals surface area (Å²) in [7, 11) is 0. The summed E-state index contributed by atoms with van der Waals surface area (Å²) in [4.78, 5) is 8.48. The van der Waals surface area contributed by atoms with Gasteiger partial charge in [-0.25, -0.2) is 9.97 Å². The van der Waals surface area contributed by atoms with Crippen molar-refractivity contribution in [3.63, 3.8) is 0 Å². The molecule has 16 heavy (non-hydrogen) atoms. The van der Waals surface area contributed by atoms with Gasteiger partial charge in [0.2, 0.25) is 0 Å². The summed E-state index contributed by atoms with van der Waals surface area (Å²) in [5.41, 5.74) is 10.1. The van der Waals surface area contributed by atoms with Crippen molar-refractivity contribution in [2.75, 3.05) is 0 Å². The largest absolute Gasteiger partial charge is 0.324 e. The molecule has 0 aliphatic rings. The number of aryl methyl sites for hydroxylation is 2. The molecule has 82 valence electrons. The molecule has 3 nitrogen and oxygen atoms in total. The Bertz CT molecular complexity index is 506. The highest BCUT2D eigenvalue weighted by Gasteiger charge is 2.02. The Morgan fingerprint density at radius 2 is 1.94 bits per heavy atom. The Balaban J connectivity index is 2.46. The van der Waals surface area contributed by atoms with Gasteiger partial charge in [0, 0.05) is 11.8 Å². The zero-order chi connectivity index (χ0) is 11.5. The Morgan fingerprint density at radius 1 is 1.12 bits per heavy atom. The normalized spacial score (nSPS) is 10.4. The second-order valence-corrected chi connectivity index (χ2v) is 3.86. The van der Waals surface area contributed by atoms with E-state index in [0.29, 0.717) is 12.4 Å². The van der Waals surface area contributed by atoms with Gasteiger partial charge in [-0.2, -0.15) is 0 Å². The van der Waals surface area contributed by atoms with E-state index in [9.17, 15) is 0 Å². The molecule has 0 aliphatic heterocycles. The Hall–Kier alpha value is -1.74. The first-order valence-electron chi connectivity index (χ1n) is 5.30. The van der Waals surface area contributed by atoms with Crippen LogP contribution in [0.1, 0.15) is 17.0 Å². The van der Waals surface area contributed by atoms with E-state index in [1.807, 2.05) is 6.07 Å². The van der Waals surface area contributed by atoms with Gasteiger partial charge in [0.1, 0.15) is 5.82 Å². The quantitative estimate of drug-likeness (QED) is 0.832. The molecule has 1 aromatic carbocycles. The van der Waals surface area contributed by atoms with Crippen molar-refractivity contribution in [1.82, 2.24) is 9.97 Å². The third-order valence-electron chi connectivity index (χ3n) is 2.69. The number of benzene rings is 1. The average Bonchev–Trinajstić information content (AvgIpc) is 2.33. The van der Waals surface area contributed by atoms with Gasteiger partial charge in [-0.3, -0.25) is 0 Å². The number of rotatable bonds is 2. The van der Waals surface area contributed by atoms with Crippen molar-refractivity contribution in [1.29, 1.82) is 0 Å². The van der Waals surface area contributed by atoms with Gasteiger partial charge in [-0.05, 0) is 37.1 Å². The minimum Gasteiger partial charge on any atom is -0.324 e. The van der Waals surface area contributed by atoms with E-state index >= 15 is 0 Å². The highest BCUT2D eigenvalue weighted by molar-refractivity contribution is 5.60. The highest BCUT2D eigenvalue weighted by atomic mass is 14.9. The molecular formula is C13H15N3. The van der Waals surface area contributed by atoms with E-state index in [1.54, 1.807) is 6.20 Å². The average molecular weight is 213 g/mol. The fourth-order valence-electron chi connectivity index (χ4n) is 1.56. The highest BCUT2D eigenvalue weighted by Crippen LogP contribution is 2.19. The predicted molar refractivity (Wildman–Crippen MR) is 64.8 cm³/mol. The van der Waals surface area contributed by atoms with Crippen molar-refractivity contribution in [2.45, 2.75) is 20.4 Å². The van der Waals surface area contributed by atoms with Gasteiger partial charge in [-0.15, -0.1) is 0 Å². The van der Waals surface area contributed by atoms with Gasteiger partial charge >= 0.3 is 0 Å². The van der Waals surface area contributed by atoms with E-state index < -0.39 is 0 Å². The lowest BCUT2D eigenvalue weighted by Gasteiger charge is -2.05. The number of hydrogen-bond acceptors (Lipinski definition) is 3. The fraction of sp³-hybridized carbons (Fsp3) is 0.231. The molecule has 0 aliphatic carbocycles. The molecule has 0 unspecified atom stereocenters. The second kappa shape index (κ2) is 4.41.